The molecule has 3 aromatic rings. The first kappa shape index (κ1) is 28.7. The maximum Gasteiger partial charge on any atom is 0.304 e. The Hall–Kier alpha value is -3.80. The summed E-state index contributed by atoms with van der Waals surface area (Å²) in [5.41, 5.74) is 1.50. The van der Waals surface area contributed by atoms with Gasteiger partial charge in [-0.05, 0) is 42.2 Å². The number of hydrogen-bond acceptors (Lipinski definition) is 8. The molecule has 0 spiro atoms. The molecule has 1 aliphatic heterocycles. The molecule has 1 atom stereocenters. The Morgan fingerprint density at radius 1 is 1.27 bits per heavy atom. The van der Waals surface area contributed by atoms with E-state index in [0.717, 1.165) is 25.7 Å². The minimum atomic E-state index is -1.06. The van der Waals surface area contributed by atoms with Gasteiger partial charge in [-0.2, -0.15) is 4.39 Å². The fourth-order valence-electron chi connectivity index (χ4n) is 5.60. The molecule has 2 aliphatic rings. The number of aromatic nitrogens is 2. The lowest BCUT2D eigenvalue weighted by Gasteiger charge is -2.26. The van der Waals surface area contributed by atoms with Gasteiger partial charge in [0.2, 0.25) is 17.9 Å². The number of halogens is 2. The maximum absolute atomic E-state index is 15.6. The van der Waals surface area contributed by atoms with E-state index >= 15 is 4.39 Å². The van der Waals surface area contributed by atoms with E-state index in [1.165, 1.54) is 18.0 Å². The average Bonchev–Trinajstić information content (AvgIpc) is 3.61. The van der Waals surface area contributed by atoms with E-state index in [0.29, 0.717) is 65.1 Å². The highest BCUT2D eigenvalue weighted by atomic mass is 32.1. The smallest absolute Gasteiger partial charge is 0.304 e. The van der Waals surface area contributed by atoms with Crippen molar-refractivity contribution in [2.75, 3.05) is 43.9 Å². The number of nitrogens with zero attached hydrogens (tertiary/aromatic N) is 4. The standard InChI is InChI=1S/C29H32F2N4O5S/c1-34-9-10-39-23-12-19(15-32-27(23)34)21-8-7-20(40-16-30)14-22(21)25-26(31)41-29(33-25)35(2)28(38)18(13-24(36)37)11-17-5-3-4-6-17/h7-8,12,14-15,17-18H,3-6,9-11,13,16H2,1-2H3,(H,36,37). The molecule has 9 nitrogen and oxygen atoms in total. The third-order valence-electron chi connectivity index (χ3n) is 7.71. The summed E-state index contributed by atoms with van der Waals surface area (Å²) in [5, 5.41) is 8.90. The van der Waals surface area contributed by atoms with Gasteiger partial charge in [0.1, 0.15) is 18.1 Å². The molecular weight excluding hydrogens is 554 g/mol. The molecule has 0 bridgehead atoms. The van der Waals surface area contributed by atoms with Crippen LogP contribution in [0.5, 0.6) is 11.5 Å². The monoisotopic (exact) mass is 586 g/mol. The molecule has 218 valence electrons. The Balaban J connectivity index is 1.49. The second-order valence-corrected chi connectivity index (χ2v) is 11.4. The zero-order valence-electron chi connectivity index (χ0n) is 22.9. The number of aliphatic carboxylic acids is 1. The second kappa shape index (κ2) is 12.4. The van der Waals surface area contributed by atoms with E-state index in [4.69, 9.17) is 9.47 Å². The number of alkyl halides is 1. The van der Waals surface area contributed by atoms with Crippen LogP contribution in [0.4, 0.5) is 19.7 Å². The Bertz CT molecular complexity index is 1430. The number of carboxylic acids is 1. The lowest BCUT2D eigenvalue weighted by atomic mass is 9.90. The van der Waals surface area contributed by atoms with Crippen molar-refractivity contribution in [3.8, 4) is 33.9 Å². The second-order valence-electron chi connectivity index (χ2n) is 10.5. The zero-order valence-corrected chi connectivity index (χ0v) is 23.8. The molecule has 1 aromatic carbocycles. The Labute approximate surface area is 240 Å². The molecule has 1 saturated carbocycles. The van der Waals surface area contributed by atoms with Crippen LogP contribution >= 0.6 is 11.3 Å². The topological polar surface area (TPSA) is 105 Å². The number of rotatable bonds is 10. The van der Waals surface area contributed by atoms with Crippen LogP contribution in [0.2, 0.25) is 0 Å². The van der Waals surface area contributed by atoms with Crippen molar-refractivity contribution >= 4 is 34.2 Å². The number of hydrogen-bond donors (Lipinski definition) is 1. The Morgan fingerprint density at radius 3 is 2.78 bits per heavy atom. The Kier molecular flexibility index (Phi) is 8.67. The van der Waals surface area contributed by atoms with E-state index in [9.17, 15) is 19.1 Å². The van der Waals surface area contributed by atoms with Crippen molar-refractivity contribution in [2.24, 2.45) is 11.8 Å². The minimum Gasteiger partial charge on any atom is -0.488 e. The molecule has 2 aromatic heterocycles. The minimum absolute atomic E-state index is 0.0368. The van der Waals surface area contributed by atoms with Gasteiger partial charge in [0.15, 0.2) is 16.7 Å². The van der Waals surface area contributed by atoms with Crippen LogP contribution in [0.25, 0.3) is 22.4 Å². The largest absolute Gasteiger partial charge is 0.488 e. The predicted molar refractivity (Wildman–Crippen MR) is 152 cm³/mol. The van der Waals surface area contributed by atoms with Crippen molar-refractivity contribution in [2.45, 2.75) is 38.5 Å². The third-order valence-corrected chi connectivity index (χ3v) is 8.63. The van der Waals surface area contributed by atoms with Crippen molar-refractivity contribution in [1.82, 2.24) is 9.97 Å². The number of ether oxygens (including phenoxy) is 2. The van der Waals surface area contributed by atoms with Crippen LogP contribution in [0.3, 0.4) is 0 Å². The van der Waals surface area contributed by atoms with Gasteiger partial charge < -0.3 is 19.5 Å². The van der Waals surface area contributed by atoms with E-state index in [2.05, 4.69) is 9.97 Å². The number of anilines is 2. The van der Waals surface area contributed by atoms with E-state index in [1.807, 2.05) is 18.0 Å². The number of benzene rings is 1. The van der Waals surface area contributed by atoms with Crippen molar-refractivity contribution in [3.63, 3.8) is 0 Å². The summed E-state index contributed by atoms with van der Waals surface area (Å²) in [5.74, 6) is -0.428. The maximum atomic E-state index is 15.6. The van der Waals surface area contributed by atoms with Gasteiger partial charge in [0.05, 0.1) is 13.0 Å². The molecule has 12 heteroatoms. The summed E-state index contributed by atoms with van der Waals surface area (Å²) in [4.78, 5) is 37.2. The molecule has 41 heavy (non-hydrogen) atoms. The molecule has 1 amide bonds. The molecule has 1 unspecified atom stereocenters. The normalized spacial score (nSPS) is 15.8. The SMILES string of the molecule is CN1CCOc2cc(-c3ccc(OCF)cc3-c3nc(N(C)C(=O)C(CC(=O)O)CC4CCCC4)sc3F)cnc21. The van der Waals surface area contributed by atoms with Crippen molar-refractivity contribution in [1.29, 1.82) is 0 Å². The lowest BCUT2D eigenvalue weighted by molar-refractivity contribution is -0.140. The van der Waals surface area contributed by atoms with Crippen LogP contribution in [-0.4, -0.2) is 61.1 Å². The van der Waals surface area contributed by atoms with Crippen LogP contribution < -0.4 is 19.3 Å². The highest BCUT2D eigenvalue weighted by molar-refractivity contribution is 7.14. The number of carbonyl (C=O) groups is 2. The molecular formula is C29H32F2N4O5S. The third kappa shape index (κ3) is 6.27. The fourth-order valence-corrected chi connectivity index (χ4v) is 6.38. The first-order valence-corrected chi connectivity index (χ1v) is 14.4. The van der Waals surface area contributed by atoms with Gasteiger partial charge in [-0.25, -0.2) is 14.4 Å². The first-order chi connectivity index (χ1) is 19.7. The predicted octanol–water partition coefficient (Wildman–Crippen LogP) is 5.78. The number of amides is 1. The van der Waals surface area contributed by atoms with Gasteiger partial charge in [-0.3, -0.25) is 14.5 Å². The molecule has 0 saturated heterocycles. The number of likely N-dealkylation sites (N-methyl/N-ethyl adjacent to an activating group) is 1. The summed E-state index contributed by atoms with van der Waals surface area (Å²) < 4.78 is 39.4. The van der Waals surface area contributed by atoms with Gasteiger partial charge >= 0.3 is 5.97 Å². The average molecular weight is 587 g/mol. The fraction of sp³-hybridized carbons (Fsp3) is 0.448. The number of pyridine rings is 1. The molecule has 3 heterocycles. The van der Waals surface area contributed by atoms with E-state index in [1.54, 1.807) is 18.3 Å². The van der Waals surface area contributed by atoms with Crippen LogP contribution in [0.15, 0.2) is 30.5 Å². The molecule has 1 aliphatic carbocycles. The van der Waals surface area contributed by atoms with Gasteiger partial charge in [-0.15, -0.1) is 0 Å². The zero-order chi connectivity index (χ0) is 29.1. The highest BCUT2D eigenvalue weighted by Gasteiger charge is 2.32. The Morgan fingerprint density at radius 2 is 2.05 bits per heavy atom. The number of fused-ring (bicyclic) bond motifs is 1. The van der Waals surface area contributed by atoms with E-state index in [-0.39, 0.29) is 23.0 Å². The lowest BCUT2D eigenvalue weighted by Crippen LogP contribution is -2.35. The van der Waals surface area contributed by atoms with E-state index < -0.39 is 29.8 Å². The quantitative estimate of drug-likeness (QED) is 0.319. The van der Waals surface area contributed by atoms with Crippen LogP contribution in [0.1, 0.15) is 38.5 Å². The number of carboxylic acid groups (broad SMARTS) is 1. The van der Waals surface area contributed by atoms with Crippen LogP contribution in [-0.2, 0) is 9.59 Å². The number of carbonyl (C=O) groups excluding carboxylic acids is 1. The molecule has 1 N–H and O–H groups in total. The van der Waals surface area contributed by atoms with Gasteiger partial charge in [0, 0.05) is 37.3 Å². The van der Waals surface area contributed by atoms with Gasteiger partial charge in [-0.1, -0.05) is 37.0 Å². The van der Waals surface area contributed by atoms with Crippen LogP contribution in [0, 0.1) is 17.0 Å². The van der Waals surface area contributed by atoms with Crippen molar-refractivity contribution < 1.29 is 33.0 Å². The molecule has 5 rings (SSSR count). The summed E-state index contributed by atoms with van der Waals surface area (Å²) in [6.07, 6.45) is 5.93. The number of thiazole rings is 1. The highest BCUT2D eigenvalue weighted by Crippen LogP contribution is 2.42. The summed E-state index contributed by atoms with van der Waals surface area (Å²) in [7, 11) is 3.40. The summed E-state index contributed by atoms with van der Waals surface area (Å²) in [6.45, 7) is 0.138. The van der Waals surface area contributed by atoms with Gasteiger partial charge in [0.25, 0.3) is 0 Å². The molecule has 0 radical (unpaired) electrons. The summed E-state index contributed by atoms with van der Waals surface area (Å²) in [6, 6.07) is 6.56. The first-order valence-electron chi connectivity index (χ1n) is 13.6. The molecule has 1 fully saturated rings. The summed E-state index contributed by atoms with van der Waals surface area (Å²) >= 11 is 0.689. The van der Waals surface area contributed by atoms with Crippen molar-refractivity contribution in [3.05, 3.63) is 35.6 Å².